The van der Waals surface area contributed by atoms with Crippen LogP contribution in [0.2, 0.25) is 0 Å². The minimum Gasteiger partial charge on any atom is -0.408 e. The molecule has 0 fully saturated rings. The molecule has 0 saturated carbocycles. The molecule has 0 bridgehead atoms. The number of nitrogens with zero attached hydrogens (tertiary/aromatic N) is 2. The largest absolute Gasteiger partial charge is 0.419 e. The zero-order chi connectivity index (χ0) is 22.7. The maximum absolute atomic E-state index is 14.0. The van der Waals surface area contributed by atoms with Gasteiger partial charge < -0.3 is 14.6 Å². The minimum atomic E-state index is -0.423. The summed E-state index contributed by atoms with van der Waals surface area (Å²) in [5.74, 6) is -1.01. The molecule has 0 aliphatic rings. The van der Waals surface area contributed by atoms with Gasteiger partial charge in [0.15, 0.2) is 5.58 Å². The molecular formula is C24H22FN3O3S. The van der Waals surface area contributed by atoms with Crippen LogP contribution in [0, 0.1) is 5.82 Å². The number of fused-ring (bicyclic) bond motifs is 1. The number of aromatic nitrogens is 1. The van der Waals surface area contributed by atoms with Crippen molar-refractivity contribution >= 4 is 40.1 Å². The van der Waals surface area contributed by atoms with E-state index >= 15 is 0 Å². The third-order valence-electron chi connectivity index (χ3n) is 4.87. The Labute approximate surface area is 188 Å². The first-order chi connectivity index (χ1) is 15.4. The van der Waals surface area contributed by atoms with Gasteiger partial charge in [-0.3, -0.25) is 9.36 Å². The molecule has 8 heteroatoms. The predicted octanol–water partition coefficient (Wildman–Crippen LogP) is 4.68. The van der Waals surface area contributed by atoms with E-state index in [-0.39, 0.29) is 11.7 Å². The van der Waals surface area contributed by atoms with Gasteiger partial charge in [0, 0.05) is 40.2 Å². The van der Waals surface area contributed by atoms with Crippen molar-refractivity contribution in [2.75, 3.05) is 26.0 Å². The smallest absolute Gasteiger partial charge is 0.408 e. The van der Waals surface area contributed by atoms with Crippen molar-refractivity contribution in [3.05, 3.63) is 81.9 Å². The topological polar surface area (TPSA) is 67.5 Å². The first-order valence-electron chi connectivity index (χ1n) is 10.0. The number of hydrogen-bond acceptors (Lipinski definition) is 5. The summed E-state index contributed by atoms with van der Waals surface area (Å²) in [6.07, 6.45) is 3.11. The fraction of sp³-hybridized carbons (Fsp3) is 0.167. The summed E-state index contributed by atoms with van der Waals surface area (Å²) in [5.41, 5.74) is 2.20. The second-order valence-corrected chi connectivity index (χ2v) is 8.63. The van der Waals surface area contributed by atoms with Crippen LogP contribution in [0.15, 0.2) is 69.9 Å². The first-order valence-corrected chi connectivity index (χ1v) is 10.8. The molecule has 2 heterocycles. The monoisotopic (exact) mass is 451 g/mol. The zero-order valence-corrected chi connectivity index (χ0v) is 18.5. The number of oxazole rings is 1. The quantitative estimate of drug-likeness (QED) is 0.415. The number of benzene rings is 2. The number of thiophene rings is 1. The van der Waals surface area contributed by atoms with Gasteiger partial charge in [-0.2, -0.15) is 0 Å². The molecule has 6 nitrogen and oxygen atoms in total. The van der Waals surface area contributed by atoms with Crippen LogP contribution < -0.4 is 11.1 Å². The van der Waals surface area contributed by atoms with Crippen LogP contribution in [0.25, 0.3) is 27.6 Å². The third kappa shape index (κ3) is 4.87. The number of hydrogen-bond donors (Lipinski definition) is 1. The molecule has 4 aromatic rings. The second-order valence-electron chi connectivity index (χ2n) is 7.51. The Kier molecular flexibility index (Phi) is 6.34. The van der Waals surface area contributed by atoms with Gasteiger partial charge in [0.05, 0.1) is 5.52 Å². The van der Waals surface area contributed by atoms with Gasteiger partial charge in [0.1, 0.15) is 5.82 Å². The maximum atomic E-state index is 14.0. The number of nitrogens with one attached hydrogen (secondary N) is 1. The number of amides is 1. The number of likely N-dealkylation sites (N-methyl/N-ethyl adjacent to an activating group) is 1. The average molecular weight is 452 g/mol. The van der Waals surface area contributed by atoms with Gasteiger partial charge in [-0.25, -0.2) is 9.18 Å². The standard InChI is InChI=1S/C24H22FN3O3S/c1-27(2)13-14-28-20-15-16(7-10-21(20)31-24(28)30)26-23(29)12-9-17-8-11-22(32-17)18-5-3-4-6-19(18)25/h3-12,15H,13-14H2,1-2H3,(H,26,29)/b12-9+. The molecule has 0 spiro atoms. The van der Waals surface area contributed by atoms with Crippen molar-refractivity contribution in [3.8, 4) is 10.4 Å². The number of halogens is 1. The molecule has 1 N–H and O–H groups in total. The van der Waals surface area contributed by atoms with Crippen molar-refractivity contribution in [1.29, 1.82) is 0 Å². The van der Waals surface area contributed by atoms with E-state index in [1.165, 1.54) is 23.5 Å². The molecule has 2 aromatic carbocycles. The minimum absolute atomic E-state index is 0.277. The van der Waals surface area contributed by atoms with E-state index in [1.54, 1.807) is 47.0 Å². The van der Waals surface area contributed by atoms with Crippen LogP contribution in [0.3, 0.4) is 0 Å². The van der Waals surface area contributed by atoms with Crippen molar-refractivity contribution < 1.29 is 13.6 Å². The molecule has 0 aliphatic carbocycles. The summed E-state index contributed by atoms with van der Waals surface area (Å²) >= 11 is 1.40. The van der Waals surface area contributed by atoms with Gasteiger partial charge in [0.2, 0.25) is 5.91 Å². The molecular weight excluding hydrogens is 429 g/mol. The Morgan fingerprint density at radius 3 is 2.78 bits per heavy atom. The lowest BCUT2D eigenvalue weighted by atomic mass is 10.2. The Bertz CT molecular complexity index is 1350. The normalized spacial score (nSPS) is 11.6. The Hall–Kier alpha value is -3.49. The fourth-order valence-electron chi connectivity index (χ4n) is 3.24. The molecule has 0 aliphatic heterocycles. The van der Waals surface area contributed by atoms with Gasteiger partial charge >= 0.3 is 5.76 Å². The first kappa shape index (κ1) is 21.7. The van der Waals surface area contributed by atoms with Crippen molar-refractivity contribution in [3.63, 3.8) is 0 Å². The van der Waals surface area contributed by atoms with Crippen LogP contribution >= 0.6 is 11.3 Å². The Morgan fingerprint density at radius 1 is 1.19 bits per heavy atom. The number of anilines is 1. The van der Waals surface area contributed by atoms with E-state index in [1.807, 2.05) is 31.1 Å². The van der Waals surface area contributed by atoms with Gasteiger partial charge in [-0.05, 0) is 56.6 Å². The van der Waals surface area contributed by atoms with E-state index in [2.05, 4.69) is 5.32 Å². The summed E-state index contributed by atoms with van der Waals surface area (Å²) in [7, 11) is 3.86. The maximum Gasteiger partial charge on any atom is 0.419 e. The van der Waals surface area contributed by atoms with Crippen molar-refractivity contribution in [2.45, 2.75) is 6.54 Å². The molecule has 0 atom stereocenters. The average Bonchev–Trinajstić information content (AvgIpc) is 3.35. The highest BCUT2D eigenvalue weighted by atomic mass is 32.1. The van der Waals surface area contributed by atoms with Crippen LogP contribution in [0.1, 0.15) is 4.88 Å². The molecule has 0 unspecified atom stereocenters. The van der Waals surface area contributed by atoms with Crippen LogP contribution in [0.4, 0.5) is 10.1 Å². The summed E-state index contributed by atoms with van der Waals surface area (Å²) < 4.78 is 20.8. The highest BCUT2D eigenvalue weighted by Gasteiger charge is 2.11. The van der Waals surface area contributed by atoms with E-state index in [4.69, 9.17) is 4.42 Å². The zero-order valence-electron chi connectivity index (χ0n) is 17.7. The fourth-order valence-corrected chi connectivity index (χ4v) is 4.18. The summed E-state index contributed by atoms with van der Waals surface area (Å²) in [6.45, 7) is 1.17. The Balaban J connectivity index is 1.47. The number of carbonyl (C=O) groups is 1. The predicted molar refractivity (Wildman–Crippen MR) is 126 cm³/mol. The van der Waals surface area contributed by atoms with E-state index < -0.39 is 5.76 Å². The van der Waals surface area contributed by atoms with E-state index in [0.717, 1.165) is 9.75 Å². The van der Waals surface area contributed by atoms with Gasteiger partial charge in [-0.1, -0.05) is 18.2 Å². The second kappa shape index (κ2) is 9.33. The summed E-state index contributed by atoms with van der Waals surface area (Å²) in [5, 5.41) is 2.80. The van der Waals surface area contributed by atoms with Crippen molar-refractivity contribution in [2.24, 2.45) is 0 Å². The van der Waals surface area contributed by atoms with Crippen LogP contribution in [0.5, 0.6) is 0 Å². The highest BCUT2D eigenvalue weighted by Crippen LogP contribution is 2.30. The summed E-state index contributed by atoms with van der Waals surface area (Å²) in [4.78, 5) is 28.1. The van der Waals surface area contributed by atoms with Crippen LogP contribution in [-0.2, 0) is 11.3 Å². The SMILES string of the molecule is CN(C)CCn1c(=O)oc2ccc(NC(=O)/C=C/c3ccc(-c4ccccc4F)s3)cc21. The number of carbonyl (C=O) groups excluding carboxylic acids is 1. The Morgan fingerprint density at radius 2 is 2.00 bits per heavy atom. The molecule has 0 saturated heterocycles. The van der Waals surface area contributed by atoms with Crippen molar-refractivity contribution in [1.82, 2.24) is 9.47 Å². The molecule has 1 amide bonds. The van der Waals surface area contributed by atoms with Gasteiger partial charge in [0.25, 0.3) is 0 Å². The highest BCUT2D eigenvalue weighted by molar-refractivity contribution is 7.16. The molecule has 2 aromatic heterocycles. The van der Waals surface area contributed by atoms with E-state index in [9.17, 15) is 14.0 Å². The molecule has 164 valence electrons. The lowest BCUT2D eigenvalue weighted by Gasteiger charge is -2.09. The lowest BCUT2D eigenvalue weighted by Crippen LogP contribution is -2.23. The number of rotatable bonds is 7. The molecule has 4 rings (SSSR count). The van der Waals surface area contributed by atoms with E-state index in [0.29, 0.717) is 35.4 Å². The van der Waals surface area contributed by atoms with Crippen LogP contribution in [-0.4, -0.2) is 36.0 Å². The van der Waals surface area contributed by atoms with Gasteiger partial charge in [-0.15, -0.1) is 11.3 Å². The molecule has 32 heavy (non-hydrogen) atoms. The third-order valence-corrected chi connectivity index (χ3v) is 5.95. The lowest BCUT2D eigenvalue weighted by molar-refractivity contribution is -0.111. The molecule has 0 radical (unpaired) electrons. The summed E-state index contributed by atoms with van der Waals surface area (Å²) in [6, 6.07) is 15.4.